The second kappa shape index (κ2) is 24.8. The van der Waals surface area contributed by atoms with Crippen LogP contribution in [0.5, 0.6) is 0 Å². The maximum Gasteiger partial charge on any atom is 0.0344 e. The number of benzene rings is 13. The summed E-state index contributed by atoms with van der Waals surface area (Å²) in [6, 6.07) is 126. The summed E-state index contributed by atoms with van der Waals surface area (Å²) in [7, 11) is 0. The van der Waals surface area contributed by atoms with E-state index in [4.69, 9.17) is 4.98 Å². The van der Waals surface area contributed by atoms with Gasteiger partial charge in [0.05, 0.1) is 0 Å². The Hall–Kier alpha value is -11.1. The number of hydrogen-bond acceptors (Lipinski definition) is 5. The first-order valence-electron chi connectivity index (χ1n) is 30.4. The minimum Gasteiger partial charge on any atom is -0.493 e. The van der Waals surface area contributed by atoms with E-state index in [0.717, 1.165) is 135 Å². The summed E-state index contributed by atoms with van der Waals surface area (Å²) in [6.07, 6.45) is 1.90. The van der Waals surface area contributed by atoms with E-state index in [0.29, 0.717) is 0 Å². The molecule has 1 radical (unpaired) electrons. The van der Waals surface area contributed by atoms with Crippen molar-refractivity contribution < 1.29 is 20.1 Å². The van der Waals surface area contributed by atoms with Crippen molar-refractivity contribution in [3.63, 3.8) is 0 Å². The van der Waals surface area contributed by atoms with Crippen LogP contribution in [-0.4, -0.2) is 4.98 Å². The van der Waals surface area contributed by atoms with Crippen molar-refractivity contribution in [2.75, 3.05) is 19.6 Å². The largest absolute Gasteiger partial charge is 0.493 e. The van der Waals surface area contributed by atoms with Gasteiger partial charge in [0.15, 0.2) is 0 Å². The van der Waals surface area contributed by atoms with E-state index in [1.807, 2.05) is 6.20 Å². The number of hydrogen-bond donors (Lipinski definition) is 0. The molecule has 0 fully saturated rings. The molecule has 14 aromatic rings. The second-order valence-corrected chi connectivity index (χ2v) is 22.6. The fourth-order valence-electron chi connectivity index (χ4n) is 12.7. The SMILES string of the molecule is [Ir].[c-]1cc(-c2ccccc2-c2cc(-c3ccccc3-c3c[c-]c(N4[CH-]N(c5ccccc5)c5ccccc54)cc3)cc(-c3ccccc3-c3c[c-]c(N4[CH-]N(c5ccccc5)c5ccccc54)cc3)c2)ccc1-c1cc(-c2ccc(-c3ccccc3)cc2)ccn1. The molecule has 0 amide bonds. The van der Waals surface area contributed by atoms with Crippen molar-refractivity contribution in [2.24, 2.45) is 0 Å². The molecular weight excluding hydrogens is 1280 g/mol. The molecule has 91 heavy (non-hydrogen) atoms. The van der Waals surface area contributed by atoms with Gasteiger partial charge in [0, 0.05) is 60.4 Å². The average molecular weight is 1340 g/mol. The predicted molar refractivity (Wildman–Crippen MR) is 373 cm³/mol. The number of nitrogens with zero attached hydrogens (tertiary/aromatic N) is 5. The van der Waals surface area contributed by atoms with Crippen molar-refractivity contribution in [2.45, 2.75) is 0 Å². The smallest absolute Gasteiger partial charge is 0.0344 e. The molecule has 5 nitrogen and oxygen atoms in total. The molecule has 435 valence electrons. The Morgan fingerprint density at radius 2 is 0.582 bits per heavy atom. The summed E-state index contributed by atoms with van der Waals surface area (Å²) in [6.45, 7) is 4.32. The van der Waals surface area contributed by atoms with Gasteiger partial charge in [-0.1, -0.05) is 216 Å². The summed E-state index contributed by atoms with van der Waals surface area (Å²) in [5, 5.41) is 0. The molecule has 0 atom stereocenters. The topological polar surface area (TPSA) is 25.9 Å². The van der Waals surface area contributed by atoms with E-state index < -0.39 is 0 Å². The molecule has 0 spiro atoms. The first-order chi connectivity index (χ1) is 44.6. The van der Waals surface area contributed by atoms with Crippen molar-refractivity contribution >= 4 is 45.5 Å². The van der Waals surface area contributed by atoms with Gasteiger partial charge in [-0.25, -0.2) is 0 Å². The number of rotatable bonds is 13. The molecule has 0 saturated carbocycles. The summed E-state index contributed by atoms with van der Waals surface area (Å²) >= 11 is 0. The molecule has 6 heteroatoms. The van der Waals surface area contributed by atoms with Crippen molar-refractivity contribution in [3.05, 3.63) is 359 Å². The van der Waals surface area contributed by atoms with Gasteiger partial charge in [0.2, 0.25) is 0 Å². The maximum absolute atomic E-state index is 4.84. The van der Waals surface area contributed by atoms with E-state index in [1.54, 1.807) is 0 Å². The first-order valence-corrected chi connectivity index (χ1v) is 30.4. The van der Waals surface area contributed by atoms with Crippen LogP contribution in [0.3, 0.4) is 0 Å². The summed E-state index contributed by atoms with van der Waals surface area (Å²) < 4.78 is 0. The van der Waals surface area contributed by atoms with Crippen molar-refractivity contribution in [1.29, 1.82) is 0 Å². The number of fused-ring (bicyclic) bond motifs is 2. The van der Waals surface area contributed by atoms with Crippen molar-refractivity contribution in [3.8, 4) is 100 Å². The predicted octanol–water partition coefficient (Wildman–Crippen LogP) is 22.3. The van der Waals surface area contributed by atoms with E-state index in [9.17, 15) is 0 Å². The normalized spacial score (nSPS) is 12.4. The van der Waals surface area contributed by atoms with Gasteiger partial charge in [-0.3, -0.25) is 0 Å². The first kappa shape index (κ1) is 56.4. The number of para-hydroxylation sites is 6. The minimum absolute atomic E-state index is 0. The Bertz CT molecular complexity index is 4680. The van der Waals surface area contributed by atoms with Crippen LogP contribution >= 0.6 is 0 Å². The minimum atomic E-state index is 0. The van der Waals surface area contributed by atoms with Crippen LogP contribution in [-0.2, 0) is 20.1 Å². The Morgan fingerprint density at radius 1 is 0.253 bits per heavy atom. The molecule has 1 aromatic heterocycles. The maximum atomic E-state index is 4.84. The molecule has 0 aliphatic carbocycles. The van der Waals surface area contributed by atoms with Crippen molar-refractivity contribution in [1.82, 2.24) is 4.98 Å². The number of aromatic nitrogens is 1. The second-order valence-electron chi connectivity index (χ2n) is 22.6. The third-order valence-corrected chi connectivity index (χ3v) is 17.2. The van der Waals surface area contributed by atoms with Gasteiger partial charge in [0.1, 0.15) is 0 Å². The fourth-order valence-corrected chi connectivity index (χ4v) is 12.7. The van der Waals surface area contributed by atoms with Gasteiger partial charge in [-0.2, -0.15) is 36.4 Å². The van der Waals surface area contributed by atoms with E-state index in [2.05, 4.69) is 373 Å². The van der Waals surface area contributed by atoms with Gasteiger partial charge < -0.3 is 24.6 Å². The van der Waals surface area contributed by atoms with E-state index in [-0.39, 0.29) is 20.1 Å². The number of pyridine rings is 1. The molecule has 13 aromatic carbocycles. The van der Waals surface area contributed by atoms with E-state index >= 15 is 0 Å². The molecule has 16 rings (SSSR count). The third kappa shape index (κ3) is 11.0. The standard InChI is InChI=1S/C85H56N5.Ir/c1-4-20-60(21-5-1)61-36-38-62(39-37-61)67-52-53-86-81(57-67)66-42-40-63(41-43-66)75-26-10-13-29-78(75)68-54-69(79-30-14-11-27-76(79)64-44-48-73(49-45-64)89-58-87(71-22-6-2-7-23-71)82-32-16-18-34-84(82)89)56-70(55-68)80-31-15-12-28-77(80)65-46-50-74(51-47-65)90-59-88(72-24-8-3-9-25-72)83-33-17-19-35-85(83)90;/h1-42,44-48,50,52-59H;/q-5;. The Balaban J connectivity index is 0.00000689. The zero-order valence-corrected chi connectivity index (χ0v) is 51.8. The Labute approximate surface area is 546 Å². The van der Waals surface area contributed by atoms with Crippen LogP contribution in [0, 0.1) is 31.5 Å². The molecule has 0 unspecified atom stereocenters. The molecule has 0 bridgehead atoms. The third-order valence-electron chi connectivity index (χ3n) is 17.2. The van der Waals surface area contributed by atoms with Crippen LogP contribution in [0.15, 0.2) is 328 Å². The molecular formula is C85H56IrN5-5. The van der Waals surface area contributed by atoms with E-state index in [1.165, 1.54) is 11.1 Å². The quantitative estimate of drug-likeness (QED) is 0.107. The Morgan fingerprint density at radius 3 is 0.978 bits per heavy atom. The monoisotopic (exact) mass is 1340 g/mol. The molecule has 0 saturated heterocycles. The average Bonchev–Trinajstić information content (AvgIpc) is 1.84. The van der Waals surface area contributed by atoms with Gasteiger partial charge in [-0.05, 0) is 134 Å². The Kier molecular flexibility index (Phi) is 15.4. The van der Waals surface area contributed by atoms with Crippen LogP contribution in [0.25, 0.3) is 100 Å². The summed E-state index contributed by atoms with van der Waals surface area (Å²) in [5.74, 6) is 0. The van der Waals surface area contributed by atoms with Gasteiger partial charge >= 0.3 is 0 Å². The molecule has 3 heterocycles. The fraction of sp³-hybridized carbons (Fsp3) is 0. The summed E-state index contributed by atoms with van der Waals surface area (Å²) in [5.41, 5.74) is 28.2. The zero-order chi connectivity index (χ0) is 59.7. The molecule has 2 aliphatic heterocycles. The van der Waals surface area contributed by atoms with Gasteiger partial charge in [0.25, 0.3) is 0 Å². The van der Waals surface area contributed by atoms with Crippen LogP contribution in [0.4, 0.5) is 45.5 Å². The molecule has 2 aliphatic rings. The number of anilines is 8. The molecule has 0 N–H and O–H groups in total. The van der Waals surface area contributed by atoms with Crippen LogP contribution < -0.4 is 19.6 Å². The van der Waals surface area contributed by atoms with Crippen LogP contribution in [0.1, 0.15) is 0 Å². The van der Waals surface area contributed by atoms with Gasteiger partial charge in [-0.15, -0.1) is 77.8 Å². The van der Waals surface area contributed by atoms with Crippen LogP contribution in [0.2, 0.25) is 0 Å². The summed E-state index contributed by atoms with van der Waals surface area (Å²) in [4.78, 5) is 13.8. The zero-order valence-electron chi connectivity index (χ0n) is 49.4.